The van der Waals surface area contributed by atoms with Gasteiger partial charge in [-0.1, -0.05) is 37.3 Å². The van der Waals surface area contributed by atoms with Gasteiger partial charge in [-0.15, -0.1) is 10.2 Å². The Morgan fingerprint density at radius 3 is 2.60 bits per heavy atom. The Kier molecular flexibility index (Phi) is 4.65. The Hall–Kier alpha value is -2.43. The van der Waals surface area contributed by atoms with Gasteiger partial charge < -0.3 is 11.1 Å². The van der Waals surface area contributed by atoms with Crippen LogP contribution in [-0.4, -0.2) is 22.6 Å². The molecule has 0 saturated heterocycles. The summed E-state index contributed by atoms with van der Waals surface area (Å²) in [6, 6.07) is 13.4. The standard InChI is InChI=1S/C15H18N4O/c1-11(12-5-3-2-4-6-12)9-10-17-15(20)13-7-8-14(16)19-18-13/h2-8,11H,9-10H2,1H3,(H2,16,19)(H,17,20). The van der Waals surface area contributed by atoms with E-state index in [0.717, 1.165) is 6.42 Å². The number of nitrogen functional groups attached to an aromatic ring is 1. The monoisotopic (exact) mass is 270 g/mol. The van der Waals surface area contributed by atoms with E-state index in [2.05, 4.69) is 34.6 Å². The first kappa shape index (κ1) is 14.0. The van der Waals surface area contributed by atoms with Gasteiger partial charge >= 0.3 is 0 Å². The van der Waals surface area contributed by atoms with Gasteiger partial charge in [0.25, 0.3) is 5.91 Å². The van der Waals surface area contributed by atoms with Crippen molar-refractivity contribution in [1.82, 2.24) is 15.5 Å². The van der Waals surface area contributed by atoms with Crippen molar-refractivity contribution < 1.29 is 4.79 Å². The van der Waals surface area contributed by atoms with Crippen molar-refractivity contribution in [1.29, 1.82) is 0 Å². The van der Waals surface area contributed by atoms with Crippen LogP contribution in [0.1, 0.15) is 35.3 Å². The van der Waals surface area contributed by atoms with E-state index in [4.69, 9.17) is 5.73 Å². The average molecular weight is 270 g/mol. The fourth-order valence-electron chi connectivity index (χ4n) is 1.90. The summed E-state index contributed by atoms with van der Waals surface area (Å²) in [4.78, 5) is 11.8. The van der Waals surface area contributed by atoms with E-state index in [1.807, 2.05) is 18.2 Å². The zero-order valence-electron chi connectivity index (χ0n) is 11.4. The molecule has 5 nitrogen and oxygen atoms in total. The van der Waals surface area contributed by atoms with Crippen LogP contribution in [0.25, 0.3) is 0 Å². The van der Waals surface area contributed by atoms with Crippen molar-refractivity contribution in [3.63, 3.8) is 0 Å². The molecular weight excluding hydrogens is 252 g/mol. The highest BCUT2D eigenvalue weighted by molar-refractivity contribution is 5.92. The molecule has 2 rings (SSSR count). The molecule has 0 aliphatic rings. The minimum Gasteiger partial charge on any atom is -0.382 e. The number of nitrogens with zero attached hydrogens (tertiary/aromatic N) is 2. The quantitative estimate of drug-likeness (QED) is 0.870. The largest absolute Gasteiger partial charge is 0.382 e. The lowest BCUT2D eigenvalue weighted by atomic mass is 9.98. The van der Waals surface area contributed by atoms with Gasteiger partial charge in [-0.3, -0.25) is 4.79 Å². The zero-order valence-corrected chi connectivity index (χ0v) is 11.4. The summed E-state index contributed by atoms with van der Waals surface area (Å²) in [7, 11) is 0. The first-order valence-corrected chi connectivity index (χ1v) is 6.59. The fourth-order valence-corrected chi connectivity index (χ4v) is 1.90. The molecule has 1 aromatic heterocycles. The van der Waals surface area contributed by atoms with Crippen LogP contribution >= 0.6 is 0 Å². The number of carbonyl (C=O) groups is 1. The molecule has 20 heavy (non-hydrogen) atoms. The molecule has 5 heteroatoms. The van der Waals surface area contributed by atoms with Crippen molar-refractivity contribution in [2.75, 3.05) is 12.3 Å². The first-order chi connectivity index (χ1) is 9.66. The molecule has 0 spiro atoms. The van der Waals surface area contributed by atoms with Gasteiger partial charge in [0.05, 0.1) is 0 Å². The number of nitrogens with two attached hydrogens (primary N) is 1. The number of rotatable bonds is 5. The molecule has 1 unspecified atom stereocenters. The molecule has 1 amide bonds. The van der Waals surface area contributed by atoms with E-state index in [9.17, 15) is 4.79 Å². The maximum Gasteiger partial charge on any atom is 0.271 e. The van der Waals surface area contributed by atoms with Gasteiger partial charge in [-0.2, -0.15) is 0 Å². The van der Waals surface area contributed by atoms with Crippen LogP contribution in [0.4, 0.5) is 5.82 Å². The highest BCUT2D eigenvalue weighted by atomic mass is 16.1. The van der Waals surface area contributed by atoms with Crippen LogP contribution in [0.3, 0.4) is 0 Å². The highest BCUT2D eigenvalue weighted by Crippen LogP contribution is 2.17. The second-order valence-electron chi connectivity index (χ2n) is 4.70. The zero-order chi connectivity index (χ0) is 14.4. The highest BCUT2D eigenvalue weighted by Gasteiger charge is 2.09. The Morgan fingerprint density at radius 2 is 1.95 bits per heavy atom. The number of benzene rings is 1. The third kappa shape index (κ3) is 3.78. The smallest absolute Gasteiger partial charge is 0.271 e. The lowest BCUT2D eigenvalue weighted by molar-refractivity contribution is 0.0946. The topological polar surface area (TPSA) is 80.9 Å². The summed E-state index contributed by atoms with van der Waals surface area (Å²) >= 11 is 0. The summed E-state index contributed by atoms with van der Waals surface area (Å²) in [5, 5.41) is 10.2. The van der Waals surface area contributed by atoms with Gasteiger partial charge in [0, 0.05) is 6.54 Å². The molecule has 104 valence electrons. The first-order valence-electron chi connectivity index (χ1n) is 6.59. The normalized spacial score (nSPS) is 11.8. The predicted molar refractivity (Wildman–Crippen MR) is 78.3 cm³/mol. The summed E-state index contributed by atoms with van der Waals surface area (Å²) in [5.74, 6) is 0.478. The van der Waals surface area contributed by atoms with Crippen molar-refractivity contribution in [3.8, 4) is 0 Å². The van der Waals surface area contributed by atoms with Gasteiger partial charge in [0.2, 0.25) is 0 Å². The van der Waals surface area contributed by atoms with Gasteiger partial charge in [-0.05, 0) is 30.0 Å². The summed E-state index contributed by atoms with van der Waals surface area (Å²) < 4.78 is 0. The summed E-state index contributed by atoms with van der Waals surface area (Å²) in [5.41, 5.74) is 6.98. The molecule has 0 radical (unpaired) electrons. The lowest BCUT2D eigenvalue weighted by Crippen LogP contribution is -2.26. The molecular formula is C15H18N4O. The maximum absolute atomic E-state index is 11.8. The van der Waals surface area contributed by atoms with Crippen LogP contribution in [0.5, 0.6) is 0 Å². The average Bonchev–Trinajstić information content (AvgIpc) is 2.48. The minimum atomic E-state index is -0.224. The third-order valence-corrected chi connectivity index (χ3v) is 3.15. The van der Waals surface area contributed by atoms with E-state index in [1.54, 1.807) is 12.1 Å². The molecule has 1 atom stereocenters. The second kappa shape index (κ2) is 6.65. The number of nitrogens with one attached hydrogen (secondary N) is 1. The molecule has 0 fully saturated rings. The van der Waals surface area contributed by atoms with Crippen molar-refractivity contribution >= 4 is 11.7 Å². The van der Waals surface area contributed by atoms with Crippen molar-refractivity contribution in [3.05, 3.63) is 53.7 Å². The van der Waals surface area contributed by atoms with Crippen LogP contribution in [0, 0.1) is 0 Å². The van der Waals surface area contributed by atoms with E-state index < -0.39 is 0 Å². The van der Waals surface area contributed by atoms with Gasteiger partial charge in [-0.25, -0.2) is 0 Å². The SMILES string of the molecule is CC(CCNC(=O)c1ccc(N)nn1)c1ccccc1. The Balaban J connectivity index is 1.81. The van der Waals surface area contributed by atoms with Crippen LogP contribution in [-0.2, 0) is 0 Å². The molecule has 0 bridgehead atoms. The Morgan fingerprint density at radius 1 is 1.20 bits per heavy atom. The Labute approximate surface area is 118 Å². The number of aromatic nitrogens is 2. The van der Waals surface area contributed by atoms with E-state index in [0.29, 0.717) is 18.3 Å². The second-order valence-corrected chi connectivity index (χ2v) is 4.70. The molecule has 3 N–H and O–H groups in total. The van der Waals surface area contributed by atoms with Crippen molar-refractivity contribution in [2.24, 2.45) is 0 Å². The molecule has 1 heterocycles. The number of anilines is 1. The predicted octanol–water partition coefficient (Wildman–Crippen LogP) is 1.98. The van der Waals surface area contributed by atoms with Gasteiger partial charge in [0.15, 0.2) is 5.69 Å². The maximum atomic E-state index is 11.8. The van der Waals surface area contributed by atoms with E-state index in [1.165, 1.54) is 5.56 Å². The number of carbonyl (C=O) groups excluding carboxylic acids is 1. The van der Waals surface area contributed by atoms with Gasteiger partial charge in [0.1, 0.15) is 5.82 Å². The fraction of sp³-hybridized carbons (Fsp3) is 0.267. The van der Waals surface area contributed by atoms with E-state index in [-0.39, 0.29) is 11.6 Å². The lowest BCUT2D eigenvalue weighted by Gasteiger charge is -2.12. The third-order valence-electron chi connectivity index (χ3n) is 3.15. The van der Waals surface area contributed by atoms with Crippen molar-refractivity contribution in [2.45, 2.75) is 19.3 Å². The number of amides is 1. The molecule has 2 aromatic rings. The minimum absolute atomic E-state index is 0.224. The molecule has 0 aliphatic heterocycles. The van der Waals surface area contributed by atoms with Crippen LogP contribution in [0.2, 0.25) is 0 Å². The summed E-state index contributed by atoms with van der Waals surface area (Å²) in [6.07, 6.45) is 0.873. The van der Waals surface area contributed by atoms with Crippen LogP contribution < -0.4 is 11.1 Å². The summed E-state index contributed by atoms with van der Waals surface area (Å²) in [6.45, 7) is 2.74. The van der Waals surface area contributed by atoms with E-state index >= 15 is 0 Å². The van der Waals surface area contributed by atoms with Crippen LogP contribution in [0.15, 0.2) is 42.5 Å². The Bertz CT molecular complexity index is 554. The number of hydrogen-bond donors (Lipinski definition) is 2. The number of hydrogen-bond acceptors (Lipinski definition) is 4. The molecule has 1 aromatic carbocycles. The molecule has 0 aliphatic carbocycles. The molecule has 0 saturated carbocycles.